The molecule has 1 fully saturated rings. The lowest BCUT2D eigenvalue weighted by atomic mass is 9.96. The fourth-order valence-corrected chi connectivity index (χ4v) is 3.79. The van der Waals surface area contributed by atoms with Gasteiger partial charge in [0, 0.05) is 17.6 Å². The molecule has 0 aromatic carbocycles. The molecule has 1 N–H and O–H groups in total. The summed E-state index contributed by atoms with van der Waals surface area (Å²) in [6.07, 6.45) is 2.23. The first-order valence-electron chi connectivity index (χ1n) is 6.45. The molecule has 2 heterocycles. The number of hydrogen-bond donors (Lipinski definition) is 1. The van der Waals surface area contributed by atoms with Gasteiger partial charge in [-0.15, -0.1) is 11.3 Å². The first-order valence-corrected chi connectivity index (χ1v) is 8.12. The van der Waals surface area contributed by atoms with Crippen LogP contribution in [0.4, 0.5) is 0 Å². The van der Waals surface area contributed by atoms with Gasteiger partial charge >= 0.3 is 0 Å². The van der Waals surface area contributed by atoms with E-state index in [1.54, 1.807) is 0 Å². The van der Waals surface area contributed by atoms with Gasteiger partial charge in [0.15, 0.2) is 0 Å². The highest BCUT2D eigenvalue weighted by atomic mass is 79.9. The first-order chi connectivity index (χ1) is 8.72. The van der Waals surface area contributed by atoms with Crippen molar-refractivity contribution in [3.63, 3.8) is 0 Å². The van der Waals surface area contributed by atoms with Crippen LogP contribution in [0.15, 0.2) is 15.9 Å². The smallest absolute Gasteiger partial charge is 0.265 e. The fraction of sp³-hybridized carbons (Fsp3) is 0.615. The number of thiophene rings is 1. The van der Waals surface area contributed by atoms with Crippen LogP contribution in [0.2, 0.25) is 0 Å². The van der Waals surface area contributed by atoms with Crippen LogP contribution in [0.3, 0.4) is 0 Å². The average molecular weight is 331 g/mol. The number of halogens is 1. The summed E-state index contributed by atoms with van der Waals surface area (Å²) in [5.41, 5.74) is 0. The van der Waals surface area contributed by atoms with Crippen molar-refractivity contribution >= 4 is 33.2 Å². The van der Waals surface area contributed by atoms with Gasteiger partial charge in [0.25, 0.3) is 5.91 Å². The molecule has 0 saturated carbocycles. The van der Waals surface area contributed by atoms with E-state index in [1.807, 2.05) is 16.3 Å². The van der Waals surface area contributed by atoms with Crippen LogP contribution in [0, 0.1) is 5.92 Å². The van der Waals surface area contributed by atoms with Crippen molar-refractivity contribution in [1.82, 2.24) is 10.2 Å². The highest BCUT2D eigenvalue weighted by Gasteiger charge is 2.25. The van der Waals surface area contributed by atoms with Crippen LogP contribution in [-0.2, 0) is 0 Å². The molecule has 0 unspecified atom stereocenters. The number of likely N-dealkylation sites (tertiary alicyclic amines) is 1. The standard InChI is InChI=1S/C13H19BrN2OS/c1-2-15-9-10-3-6-16(7-4-10)13(17)12-11(14)5-8-18-12/h5,8,10,15H,2-4,6-7,9H2,1H3. The molecule has 0 aliphatic carbocycles. The summed E-state index contributed by atoms with van der Waals surface area (Å²) in [7, 11) is 0. The quantitative estimate of drug-likeness (QED) is 0.920. The summed E-state index contributed by atoms with van der Waals surface area (Å²) in [5.74, 6) is 0.902. The number of carbonyl (C=O) groups excluding carboxylic acids is 1. The lowest BCUT2D eigenvalue weighted by molar-refractivity contribution is 0.0694. The molecule has 1 aromatic heterocycles. The summed E-state index contributed by atoms with van der Waals surface area (Å²) >= 11 is 4.95. The molecule has 1 aliphatic heterocycles. The third kappa shape index (κ3) is 3.33. The molecule has 2 rings (SSSR count). The third-order valence-corrected chi connectivity index (χ3v) is 5.22. The first kappa shape index (κ1) is 14.0. The number of nitrogens with zero attached hydrogens (tertiary/aromatic N) is 1. The third-order valence-electron chi connectivity index (χ3n) is 3.40. The van der Waals surface area contributed by atoms with E-state index in [4.69, 9.17) is 0 Å². The molecular formula is C13H19BrN2OS. The Balaban J connectivity index is 1.86. The molecule has 0 spiro atoms. The molecule has 0 radical (unpaired) electrons. The molecule has 1 aliphatic rings. The minimum atomic E-state index is 0.179. The zero-order valence-electron chi connectivity index (χ0n) is 10.6. The molecule has 1 amide bonds. The minimum Gasteiger partial charge on any atom is -0.338 e. The van der Waals surface area contributed by atoms with Gasteiger partial charge in [0.2, 0.25) is 0 Å². The molecule has 18 heavy (non-hydrogen) atoms. The van der Waals surface area contributed by atoms with Crippen LogP contribution >= 0.6 is 27.3 Å². The molecule has 5 heteroatoms. The van der Waals surface area contributed by atoms with E-state index >= 15 is 0 Å². The Morgan fingerprint density at radius 1 is 1.56 bits per heavy atom. The maximum absolute atomic E-state index is 12.3. The van der Waals surface area contributed by atoms with Gasteiger partial charge in [0.05, 0.1) is 0 Å². The van der Waals surface area contributed by atoms with Crippen molar-refractivity contribution in [3.8, 4) is 0 Å². The fourth-order valence-electron chi connectivity index (χ4n) is 2.28. The van der Waals surface area contributed by atoms with Gasteiger partial charge in [-0.3, -0.25) is 4.79 Å². The Bertz CT molecular complexity index is 399. The normalized spacial score (nSPS) is 17.1. The van der Waals surface area contributed by atoms with Crippen LogP contribution < -0.4 is 5.32 Å². The van der Waals surface area contributed by atoms with E-state index in [2.05, 4.69) is 28.2 Å². The van der Waals surface area contributed by atoms with Gasteiger partial charge < -0.3 is 10.2 Å². The Labute approximate surface area is 121 Å². The Morgan fingerprint density at radius 3 is 2.83 bits per heavy atom. The Kier molecular flexibility index (Phi) is 5.21. The zero-order chi connectivity index (χ0) is 13.0. The second-order valence-electron chi connectivity index (χ2n) is 4.64. The van der Waals surface area contributed by atoms with Crippen molar-refractivity contribution < 1.29 is 4.79 Å². The Hall–Kier alpha value is -0.390. The number of amides is 1. The zero-order valence-corrected chi connectivity index (χ0v) is 13.0. The van der Waals surface area contributed by atoms with Gasteiger partial charge in [-0.1, -0.05) is 6.92 Å². The van der Waals surface area contributed by atoms with E-state index in [1.165, 1.54) is 11.3 Å². The molecule has 0 bridgehead atoms. The van der Waals surface area contributed by atoms with Crippen LogP contribution in [0.5, 0.6) is 0 Å². The lowest BCUT2D eigenvalue weighted by Crippen LogP contribution is -2.40. The summed E-state index contributed by atoms with van der Waals surface area (Å²) in [6, 6.07) is 1.94. The Morgan fingerprint density at radius 2 is 2.28 bits per heavy atom. The van der Waals surface area contributed by atoms with Crippen molar-refractivity contribution in [3.05, 3.63) is 20.8 Å². The summed E-state index contributed by atoms with van der Waals surface area (Å²) in [5, 5.41) is 5.34. The summed E-state index contributed by atoms with van der Waals surface area (Å²) < 4.78 is 0.923. The lowest BCUT2D eigenvalue weighted by Gasteiger charge is -2.32. The molecule has 3 nitrogen and oxygen atoms in total. The average Bonchev–Trinajstić information content (AvgIpc) is 2.82. The maximum atomic E-state index is 12.3. The topological polar surface area (TPSA) is 32.3 Å². The number of carbonyl (C=O) groups is 1. The van der Waals surface area contributed by atoms with Gasteiger partial charge in [-0.05, 0) is 59.2 Å². The van der Waals surface area contributed by atoms with Gasteiger partial charge in [-0.2, -0.15) is 0 Å². The maximum Gasteiger partial charge on any atom is 0.265 e. The van der Waals surface area contributed by atoms with E-state index in [0.29, 0.717) is 0 Å². The second kappa shape index (κ2) is 6.68. The predicted octanol–water partition coefficient (Wildman–Crippen LogP) is 2.97. The van der Waals surface area contributed by atoms with Crippen molar-refractivity contribution in [2.45, 2.75) is 19.8 Å². The van der Waals surface area contributed by atoms with E-state index in [0.717, 1.165) is 54.3 Å². The number of nitrogens with one attached hydrogen (secondary N) is 1. The predicted molar refractivity (Wildman–Crippen MR) is 79.2 cm³/mol. The van der Waals surface area contributed by atoms with Crippen LogP contribution in [-0.4, -0.2) is 37.0 Å². The number of hydrogen-bond acceptors (Lipinski definition) is 3. The van der Waals surface area contributed by atoms with Crippen LogP contribution in [0.1, 0.15) is 29.4 Å². The van der Waals surface area contributed by atoms with Crippen molar-refractivity contribution in [2.75, 3.05) is 26.2 Å². The van der Waals surface area contributed by atoms with Gasteiger partial charge in [0.1, 0.15) is 4.88 Å². The SMILES string of the molecule is CCNCC1CCN(C(=O)c2sccc2Br)CC1. The molecule has 1 saturated heterocycles. The van der Waals surface area contributed by atoms with Gasteiger partial charge in [-0.25, -0.2) is 0 Å². The highest BCUT2D eigenvalue weighted by Crippen LogP contribution is 2.26. The molecule has 0 atom stereocenters. The van der Waals surface area contributed by atoms with Crippen LogP contribution in [0.25, 0.3) is 0 Å². The number of piperidine rings is 1. The minimum absolute atomic E-state index is 0.179. The monoisotopic (exact) mass is 330 g/mol. The van der Waals surface area contributed by atoms with E-state index in [9.17, 15) is 4.79 Å². The highest BCUT2D eigenvalue weighted by molar-refractivity contribution is 9.10. The van der Waals surface area contributed by atoms with Crippen molar-refractivity contribution in [2.24, 2.45) is 5.92 Å². The van der Waals surface area contributed by atoms with E-state index in [-0.39, 0.29) is 5.91 Å². The molecule has 1 aromatic rings. The largest absolute Gasteiger partial charge is 0.338 e. The second-order valence-corrected chi connectivity index (χ2v) is 6.41. The van der Waals surface area contributed by atoms with E-state index < -0.39 is 0 Å². The number of rotatable bonds is 4. The molecule has 100 valence electrons. The molecular weight excluding hydrogens is 312 g/mol. The summed E-state index contributed by atoms with van der Waals surface area (Å²) in [6.45, 7) is 6.02. The summed E-state index contributed by atoms with van der Waals surface area (Å²) in [4.78, 5) is 15.1. The van der Waals surface area contributed by atoms with Crippen molar-refractivity contribution in [1.29, 1.82) is 0 Å².